The molecule has 2 aromatic carbocycles. The van der Waals surface area contributed by atoms with Crippen LogP contribution >= 0.6 is 0 Å². The van der Waals surface area contributed by atoms with Gasteiger partial charge in [0.25, 0.3) is 5.91 Å². The van der Waals surface area contributed by atoms with Crippen LogP contribution in [0.1, 0.15) is 46.4 Å². The first kappa shape index (κ1) is 16.2. The maximum atomic E-state index is 11.7. The maximum Gasteiger partial charge on any atom is 0.251 e. The second kappa shape index (κ2) is 7.76. The average Bonchev–Trinajstić information content (AvgIpc) is 2.56. The fourth-order valence-corrected chi connectivity index (χ4v) is 2.50. The van der Waals surface area contributed by atoms with E-state index in [0.29, 0.717) is 11.6 Å². The number of hydrogen-bond donors (Lipinski definition) is 2. The van der Waals surface area contributed by atoms with Crippen LogP contribution in [0.3, 0.4) is 0 Å². The summed E-state index contributed by atoms with van der Waals surface area (Å²) in [5.41, 5.74) is 4.39. The summed E-state index contributed by atoms with van der Waals surface area (Å²) in [6.07, 6.45) is 1.03. The minimum Gasteiger partial charge on any atom is -0.355 e. The quantitative estimate of drug-likeness (QED) is 0.855. The molecule has 2 aromatic rings. The highest BCUT2D eigenvalue weighted by atomic mass is 16.1. The van der Waals surface area contributed by atoms with Gasteiger partial charge in [0.05, 0.1) is 0 Å². The van der Waals surface area contributed by atoms with E-state index in [1.54, 1.807) is 7.05 Å². The molecule has 3 heteroatoms. The molecule has 0 bridgehead atoms. The highest BCUT2D eigenvalue weighted by Crippen LogP contribution is 2.18. The predicted molar refractivity (Wildman–Crippen MR) is 90.9 cm³/mol. The van der Waals surface area contributed by atoms with Crippen molar-refractivity contribution in [2.75, 3.05) is 7.05 Å². The van der Waals surface area contributed by atoms with Crippen molar-refractivity contribution < 1.29 is 4.79 Å². The minimum absolute atomic E-state index is 0.0487. The van der Waals surface area contributed by atoms with Crippen LogP contribution in [0.5, 0.6) is 0 Å². The molecule has 0 aliphatic heterocycles. The van der Waals surface area contributed by atoms with Crippen molar-refractivity contribution in [2.45, 2.75) is 32.9 Å². The molecule has 0 aliphatic rings. The van der Waals surface area contributed by atoms with Gasteiger partial charge in [0.15, 0.2) is 0 Å². The smallest absolute Gasteiger partial charge is 0.251 e. The van der Waals surface area contributed by atoms with Crippen LogP contribution in [0, 0.1) is 6.92 Å². The van der Waals surface area contributed by atoms with Gasteiger partial charge in [-0.15, -0.1) is 0 Å². The Balaban J connectivity index is 2.04. The van der Waals surface area contributed by atoms with Gasteiger partial charge >= 0.3 is 0 Å². The second-order valence-electron chi connectivity index (χ2n) is 5.53. The van der Waals surface area contributed by atoms with Crippen LogP contribution in [0.4, 0.5) is 0 Å². The second-order valence-corrected chi connectivity index (χ2v) is 5.53. The van der Waals surface area contributed by atoms with Gasteiger partial charge in [-0.2, -0.15) is 0 Å². The summed E-state index contributed by atoms with van der Waals surface area (Å²) >= 11 is 0. The van der Waals surface area contributed by atoms with Crippen molar-refractivity contribution in [3.63, 3.8) is 0 Å². The molecular formula is C19H24N2O. The Labute approximate surface area is 132 Å². The Morgan fingerprint density at radius 2 is 1.86 bits per heavy atom. The summed E-state index contributed by atoms with van der Waals surface area (Å²) in [5, 5.41) is 6.23. The van der Waals surface area contributed by atoms with Crippen molar-refractivity contribution >= 4 is 5.91 Å². The summed E-state index contributed by atoms with van der Waals surface area (Å²) in [4.78, 5) is 11.7. The van der Waals surface area contributed by atoms with Crippen molar-refractivity contribution in [3.8, 4) is 0 Å². The van der Waals surface area contributed by atoms with Gasteiger partial charge in [0, 0.05) is 25.2 Å². The molecule has 0 aliphatic carbocycles. The maximum absolute atomic E-state index is 11.7. The lowest BCUT2D eigenvalue weighted by Crippen LogP contribution is -2.21. The zero-order valence-corrected chi connectivity index (χ0v) is 13.5. The average molecular weight is 296 g/mol. The third-order valence-electron chi connectivity index (χ3n) is 3.86. The van der Waals surface area contributed by atoms with Gasteiger partial charge in [0.1, 0.15) is 0 Å². The lowest BCUT2D eigenvalue weighted by molar-refractivity contribution is 0.0963. The third-order valence-corrected chi connectivity index (χ3v) is 3.86. The van der Waals surface area contributed by atoms with E-state index in [2.05, 4.69) is 48.7 Å². The molecule has 0 saturated carbocycles. The zero-order chi connectivity index (χ0) is 15.9. The van der Waals surface area contributed by atoms with Crippen molar-refractivity contribution in [1.82, 2.24) is 10.6 Å². The van der Waals surface area contributed by atoms with Gasteiger partial charge in [0.2, 0.25) is 0 Å². The fraction of sp³-hybridized carbons (Fsp3) is 0.316. The molecule has 22 heavy (non-hydrogen) atoms. The van der Waals surface area contributed by atoms with E-state index in [-0.39, 0.29) is 5.91 Å². The number of nitrogens with one attached hydrogen (secondary N) is 2. The normalized spacial score (nSPS) is 12.0. The number of carbonyl (C=O) groups is 1. The molecule has 0 spiro atoms. The topological polar surface area (TPSA) is 41.1 Å². The SMILES string of the molecule is CC[C@H](NCc1cccc(C(=O)NC)c1)c1ccc(C)cc1. The number of rotatable bonds is 6. The summed E-state index contributed by atoms with van der Waals surface area (Å²) < 4.78 is 0. The Bertz CT molecular complexity index is 620. The number of carbonyl (C=O) groups excluding carboxylic acids is 1. The summed E-state index contributed by atoms with van der Waals surface area (Å²) in [6, 6.07) is 16.7. The van der Waals surface area contributed by atoms with Crippen LogP contribution in [0.25, 0.3) is 0 Å². The van der Waals surface area contributed by atoms with Crippen LogP contribution in [0.15, 0.2) is 48.5 Å². The van der Waals surface area contributed by atoms with E-state index in [9.17, 15) is 4.79 Å². The molecule has 0 unspecified atom stereocenters. The highest BCUT2D eigenvalue weighted by Gasteiger charge is 2.09. The molecule has 0 saturated heterocycles. The van der Waals surface area contributed by atoms with Gasteiger partial charge in [-0.25, -0.2) is 0 Å². The molecule has 0 radical (unpaired) electrons. The molecule has 3 nitrogen and oxygen atoms in total. The molecule has 2 N–H and O–H groups in total. The van der Waals surface area contributed by atoms with E-state index >= 15 is 0 Å². The van der Waals surface area contributed by atoms with E-state index in [4.69, 9.17) is 0 Å². The van der Waals surface area contributed by atoms with Gasteiger partial charge in [-0.3, -0.25) is 4.79 Å². The van der Waals surface area contributed by atoms with Gasteiger partial charge in [-0.05, 0) is 36.6 Å². The van der Waals surface area contributed by atoms with Crippen molar-refractivity contribution in [1.29, 1.82) is 0 Å². The number of hydrogen-bond acceptors (Lipinski definition) is 2. The monoisotopic (exact) mass is 296 g/mol. The summed E-state index contributed by atoms with van der Waals surface area (Å²) in [5.74, 6) is -0.0487. The molecule has 116 valence electrons. The minimum atomic E-state index is -0.0487. The van der Waals surface area contributed by atoms with Crippen LogP contribution in [0.2, 0.25) is 0 Å². The molecule has 1 amide bonds. The lowest BCUT2D eigenvalue weighted by Gasteiger charge is -2.18. The Hall–Kier alpha value is -2.13. The standard InChI is InChI=1S/C19H24N2O/c1-4-18(16-10-8-14(2)9-11-16)21-13-15-6-5-7-17(12-15)19(22)20-3/h5-12,18,21H,4,13H2,1-3H3,(H,20,22)/t18-/m0/s1. The van der Waals surface area contributed by atoms with Crippen molar-refractivity contribution in [3.05, 3.63) is 70.8 Å². The molecule has 0 fully saturated rings. The first-order chi connectivity index (χ1) is 10.6. The van der Waals surface area contributed by atoms with E-state index in [0.717, 1.165) is 18.5 Å². The van der Waals surface area contributed by atoms with Crippen LogP contribution in [-0.2, 0) is 6.54 Å². The lowest BCUT2D eigenvalue weighted by atomic mass is 10.0. The largest absolute Gasteiger partial charge is 0.355 e. The van der Waals surface area contributed by atoms with Crippen LogP contribution in [-0.4, -0.2) is 13.0 Å². The zero-order valence-electron chi connectivity index (χ0n) is 13.5. The highest BCUT2D eigenvalue weighted by molar-refractivity contribution is 5.94. The summed E-state index contributed by atoms with van der Waals surface area (Å²) in [6.45, 7) is 5.03. The van der Waals surface area contributed by atoms with E-state index < -0.39 is 0 Å². The molecule has 0 aromatic heterocycles. The summed E-state index contributed by atoms with van der Waals surface area (Å²) in [7, 11) is 1.65. The first-order valence-corrected chi connectivity index (χ1v) is 7.75. The molecular weight excluding hydrogens is 272 g/mol. The Kier molecular flexibility index (Phi) is 5.73. The number of amides is 1. The van der Waals surface area contributed by atoms with Crippen LogP contribution < -0.4 is 10.6 Å². The Morgan fingerprint density at radius 1 is 1.14 bits per heavy atom. The molecule has 2 rings (SSSR count). The fourth-order valence-electron chi connectivity index (χ4n) is 2.50. The third kappa shape index (κ3) is 4.18. The number of aryl methyl sites for hydroxylation is 1. The predicted octanol–water partition coefficient (Wildman–Crippen LogP) is 3.60. The molecule has 1 atom stereocenters. The number of benzene rings is 2. The van der Waals surface area contributed by atoms with Crippen molar-refractivity contribution in [2.24, 2.45) is 0 Å². The first-order valence-electron chi connectivity index (χ1n) is 7.75. The Morgan fingerprint density at radius 3 is 2.50 bits per heavy atom. The van der Waals surface area contributed by atoms with E-state index in [1.165, 1.54) is 11.1 Å². The van der Waals surface area contributed by atoms with Gasteiger partial charge < -0.3 is 10.6 Å². The van der Waals surface area contributed by atoms with E-state index in [1.807, 2.05) is 24.3 Å². The van der Waals surface area contributed by atoms with Gasteiger partial charge in [-0.1, -0.05) is 48.9 Å². The molecule has 0 heterocycles.